The molecule has 152 valence electrons. The van der Waals surface area contributed by atoms with Crippen LogP contribution in [0.5, 0.6) is 0 Å². The van der Waals surface area contributed by atoms with Gasteiger partial charge >= 0.3 is 5.97 Å². The number of nitrogens with zero attached hydrogens (tertiary/aromatic N) is 4. The number of rotatable bonds is 7. The molecule has 0 radical (unpaired) electrons. The molecule has 1 N–H and O–H groups in total. The summed E-state index contributed by atoms with van der Waals surface area (Å²) in [6.07, 6.45) is 0. The molecule has 10 heteroatoms. The van der Waals surface area contributed by atoms with Crippen molar-refractivity contribution in [3.05, 3.63) is 45.8 Å². The normalized spacial score (nSPS) is 10.8. The Labute approximate surface area is 176 Å². The van der Waals surface area contributed by atoms with Crippen molar-refractivity contribution in [3.63, 3.8) is 0 Å². The molecule has 0 aliphatic heterocycles. The zero-order valence-electron chi connectivity index (χ0n) is 16.6. The highest BCUT2D eigenvalue weighted by Crippen LogP contribution is 2.28. The fourth-order valence-electron chi connectivity index (χ4n) is 2.80. The van der Waals surface area contributed by atoms with Crippen LogP contribution in [0.3, 0.4) is 0 Å². The third-order valence-corrected chi connectivity index (χ3v) is 6.12. The first-order valence-electron chi connectivity index (χ1n) is 8.95. The first-order chi connectivity index (χ1) is 13.9. The Kier molecular flexibility index (Phi) is 6.65. The zero-order chi connectivity index (χ0) is 21.0. The molecular formula is C19H21N5O3S2. The van der Waals surface area contributed by atoms with E-state index in [2.05, 4.69) is 20.8 Å². The number of thiophene rings is 1. The van der Waals surface area contributed by atoms with Crippen LogP contribution in [-0.4, -0.2) is 44.4 Å². The van der Waals surface area contributed by atoms with Gasteiger partial charge in [-0.3, -0.25) is 4.79 Å². The van der Waals surface area contributed by atoms with E-state index in [9.17, 15) is 9.59 Å². The second-order valence-electron chi connectivity index (χ2n) is 6.29. The molecule has 0 aliphatic rings. The van der Waals surface area contributed by atoms with E-state index in [1.807, 2.05) is 39.0 Å². The van der Waals surface area contributed by atoms with E-state index in [-0.39, 0.29) is 17.6 Å². The van der Waals surface area contributed by atoms with Crippen molar-refractivity contribution in [3.8, 4) is 5.69 Å². The second-order valence-corrected chi connectivity index (χ2v) is 8.29. The fraction of sp³-hybridized carbons (Fsp3) is 0.316. The molecule has 0 bridgehead atoms. The molecule has 1 amide bonds. The van der Waals surface area contributed by atoms with Gasteiger partial charge in [-0.2, -0.15) is 4.68 Å². The van der Waals surface area contributed by atoms with Gasteiger partial charge in [-0.1, -0.05) is 30.0 Å². The minimum absolute atomic E-state index is 0.136. The van der Waals surface area contributed by atoms with Gasteiger partial charge in [-0.05, 0) is 60.9 Å². The minimum Gasteiger partial charge on any atom is -0.462 e. The van der Waals surface area contributed by atoms with Gasteiger partial charge in [0.1, 0.15) is 4.88 Å². The number of esters is 1. The summed E-state index contributed by atoms with van der Waals surface area (Å²) in [5.74, 6) is -0.447. The summed E-state index contributed by atoms with van der Waals surface area (Å²) in [5.41, 5.74) is 3.78. The third kappa shape index (κ3) is 4.83. The monoisotopic (exact) mass is 431 g/mol. The highest BCUT2D eigenvalue weighted by Gasteiger charge is 2.18. The number of carbonyl (C=O) groups excluding carboxylic acids is 2. The summed E-state index contributed by atoms with van der Waals surface area (Å²) >= 11 is 2.45. The van der Waals surface area contributed by atoms with E-state index in [0.717, 1.165) is 22.4 Å². The van der Waals surface area contributed by atoms with Gasteiger partial charge in [0.05, 0.1) is 23.0 Å². The number of thioether (sulfide) groups is 1. The quantitative estimate of drug-likeness (QED) is 0.451. The first-order valence-corrected chi connectivity index (χ1v) is 10.8. The summed E-state index contributed by atoms with van der Waals surface area (Å²) in [6, 6.07) is 7.73. The smallest absolute Gasteiger partial charge is 0.348 e. The predicted octanol–water partition coefficient (Wildman–Crippen LogP) is 3.56. The molecule has 29 heavy (non-hydrogen) atoms. The van der Waals surface area contributed by atoms with Crippen LogP contribution in [0.2, 0.25) is 0 Å². The standard InChI is InChI=1S/C19H21N5O3S2/c1-5-27-18(26)17-13(4)9-15(29-17)20-14(25)10-28-19-21-22-23-24(19)16-11(2)7-6-8-12(16)3/h6-9H,5,10H2,1-4H3,(H,20,25). The maximum absolute atomic E-state index is 12.4. The molecule has 8 nitrogen and oxygen atoms in total. The Balaban J connectivity index is 1.67. The van der Waals surface area contributed by atoms with Gasteiger partial charge < -0.3 is 10.1 Å². The van der Waals surface area contributed by atoms with Crippen molar-refractivity contribution in [1.82, 2.24) is 20.2 Å². The lowest BCUT2D eigenvalue weighted by molar-refractivity contribution is -0.113. The van der Waals surface area contributed by atoms with E-state index in [0.29, 0.717) is 21.6 Å². The molecule has 0 saturated carbocycles. The van der Waals surface area contributed by atoms with Gasteiger partial charge in [0.15, 0.2) is 0 Å². The topological polar surface area (TPSA) is 99.0 Å². The summed E-state index contributed by atoms with van der Waals surface area (Å²) in [4.78, 5) is 24.8. The molecule has 3 aromatic rings. The van der Waals surface area contributed by atoms with Crippen LogP contribution in [0.1, 0.15) is 33.3 Å². The van der Waals surface area contributed by atoms with Crippen LogP contribution < -0.4 is 5.32 Å². The van der Waals surface area contributed by atoms with Gasteiger partial charge in [0.25, 0.3) is 0 Å². The van der Waals surface area contributed by atoms with Gasteiger partial charge in [0, 0.05) is 0 Å². The number of hydrogen-bond donors (Lipinski definition) is 1. The number of amides is 1. The number of aryl methyl sites for hydroxylation is 3. The molecule has 0 spiro atoms. The van der Waals surface area contributed by atoms with Crippen molar-refractivity contribution in [2.75, 3.05) is 17.7 Å². The average molecular weight is 432 g/mol. The Morgan fingerprint density at radius 1 is 1.21 bits per heavy atom. The SMILES string of the molecule is CCOC(=O)c1sc(NC(=O)CSc2nnnn2-c2c(C)cccc2C)cc1C. The summed E-state index contributed by atoms with van der Waals surface area (Å²) in [5, 5.41) is 15.8. The molecular weight excluding hydrogens is 410 g/mol. The van der Waals surface area contributed by atoms with E-state index >= 15 is 0 Å². The van der Waals surface area contributed by atoms with Crippen molar-refractivity contribution >= 4 is 40.0 Å². The fourth-order valence-corrected chi connectivity index (χ4v) is 4.45. The lowest BCUT2D eigenvalue weighted by Crippen LogP contribution is -2.14. The number of tetrazole rings is 1. The number of nitrogens with one attached hydrogen (secondary N) is 1. The number of benzene rings is 1. The number of hydrogen-bond acceptors (Lipinski definition) is 8. The minimum atomic E-state index is -0.377. The van der Waals surface area contributed by atoms with E-state index in [1.54, 1.807) is 17.7 Å². The van der Waals surface area contributed by atoms with Crippen molar-refractivity contribution < 1.29 is 14.3 Å². The van der Waals surface area contributed by atoms with Crippen LogP contribution in [0, 0.1) is 20.8 Å². The molecule has 0 atom stereocenters. The second kappa shape index (κ2) is 9.19. The molecule has 3 rings (SSSR count). The van der Waals surface area contributed by atoms with Crippen molar-refractivity contribution in [2.45, 2.75) is 32.9 Å². The van der Waals surface area contributed by atoms with E-state index in [1.165, 1.54) is 23.1 Å². The van der Waals surface area contributed by atoms with Crippen molar-refractivity contribution in [2.24, 2.45) is 0 Å². The Morgan fingerprint density at radius 3 is 2.62 bits per heavy atom. The molecule has 0 unspecified atom stereocenters. The number of carbonyl (C=O) groups is 2. The Morgan fingerprint density at radius 2 is 1.93 bits per heavy atom. The van der Waals surface area contributed by atoms with E-state index < -0.39 is 0 Å². The largest absolute Gasteiger partial charge is 0.462 e. The lowest BCUT2D eigenvalue weighted by atomic mass is 10.1. The summed E-state index contributed by atoms with van der Waals surface area (Å²) < 4.78 is 6.68. The maximum atomic E-state index is 12.4. The van der Waals surface area contributed by atoms with Gasteiger partial charge in [-0.25, -0.2) is 4.79 Å². The van der Waals surface area contributed by atoms with Gasteiger partial charge in [0.2, 0.25) is 11.1 Å². The molecule has 2 heterocycles. The number of anilines is 1. The zero-order valence-corrected chi connectivity index (χ0v) is 18.2. The highest BCUT2D eigenvalue weighted by molar-refractivity contribution is 7.99. The highest BCUT2D eigenvalue weighted by atomic mass is 32.2. The third-order valence-electron chi connectivity index (χ3n) is 4.07. The Hall–Kier alpha value is -2.72. The van der Waals surface area contributed by atoms with Crippen LogP contribution >= 0.6 is 23.1 Å². The van der Waals surface area contributed by atoms with Crippen LogP contribution in [0.15, 0.2) is 29.4 Å². The van der Waals surface area contributed by atoms with E-state index in [4.69, 9.17) is 4.74 Å². The van der Waals surface area contributed by atoms with Crippen LogP contribution in [0.25, 0.3) is 5.69 Å². The molecule has 0 saturated heterocycles. The van der Waals surface area contributed by atoms with Crippen LogP contribution in [0.4, 0.5) is 5.00 Å². The molecule has 0 aliphatic carbocycles. The molecule has 2 aromatic heterocycles. The first kappa shape index (κ1) is 21.0. The van der Waals surface area contributed by atoms with Crippen LogP contribution in [-0.2, 0) is 9.53 Å². The van der Waals surface area contributed by atoms with Crippen molar-refractivity contribution in [1.29, 1.82) is 0 Å². The number of para-hydroxylation sites is 1. The number of aromatic nitrogens is 4. The maximum Gasteiger partial charge on any atom is 0.348 e. The molecule has 0 fully saturated rings. The van der Waals surface area contributed by atoms with Gasteiger partial charge in [-0.15, -0.1) is 16.4 Å². The summed E-state index contributed by atoms with van der Waals surface area (Å²) in [6.45, 7) is 7.86. The molecule has 1 aromatic carbocycles. The number of ether oxygens (including phenoxy) is 1. The lowest BCUT2D eigenvalue weighted by Gasteiger charge is -2.10. The summed E-state index contributed by atoms with van der Waals surface area (Å²) in [7, 11) is 0. The average Bonchev–Trinajstić information content (AvgIpc) is 3.26. The Bertz CT molecular complexity index is 1020. The predicted molar refractivity (Wildman–Crippen MR) is 113 cm³/mol.